The molecule has 1 fully saturated rings. The first-order chi connectivity index (χ1) is 16.3. The minimum absolute atomic E-state index is 0.0234. The van der Waals surface area contributed by atoms with Gasteiger partial charge in [-0.1, -0.05) is 42.5 Å². The molecule has 4 rings (SSSR count). The maximum absolute atomic E-state index is 12.7. The van der Waals surface area contributed by atoms with Gasteiger partial charge in [-0.05, 0) is 55.2 Å². The van der Waals surface area contributed by atoms with E-state index in [1.807, 2.05) is 59.5 Å². The Morgan fingerprint density at radius 2 is 1.65 bits per heavy atom. The van der Waals surface area contributed by atoms with Crippen LogP contribution < -0.4 is 15.0 Å². The molecule has 2 aromatic carbocycles. The van der Waals surface area contributed by atoms with Crippen molar-refractivity contribution in [2.45, 2.75) is 38.1 Å². The Hall–Kier alpha value is -3.55. The predicted molar refractivity (Wildman–Crippen MR) is 125 cm³/mol. The number of amides is 1. The second-order valence-electron chi connectivity index (χ2n) is 8.32. The number of rotatable bonds is 6. The normalized spacial score (nSPS) is 15.6. The predicted octanol–water partition coefficient (Wildman–Crippen LogP) is 5.32. The fourth-order valence-corrected chi connectivity index (χ4v) is 3.93. The van der Waals surface area contributed by atoms with Crippen molar-refractivity contribution in [1.29, 1.82) is 0 Å². The molecule has 178 valence electrons. The van der Waals surface area contributed by atoms with E-state index in [0.717, 1.165) is 23.4 Å². The van der Waals surface area contributed by atoms with Crippen molar-refractivity contribution in [2.75, 3.05) is 18.0 Å². The molecular formula is C26H26F3N3O2. The third kappa shape index (κ3) is 5.87. The number of alkyl halides is 3. The van der Waals surface area contributed by atoms with Gasteiger partial charge in [0, 0.05) is 25.3 Å². The molecule has 0 radical (unpaired) electrons. The highest BCUT2D eigenvalue weighted by Gasteiger charge is 2.31. The number of carbonyl (C=O) groups is 1. The minimum atomic E-state index is -4.40. The summed E-state index contributed by atoms with van der Waals surface area (Å²) in [5.41, 5.74) is 1.42. The smallest absolute Gasteiger partial charge is 0.417 e. The number of hydrogen-bond acceptors (Lipinski definition) is 4. The van der Waals surface area contributed by atoms with Crippen molar-refractivity contribution in [1.82, 2.24) is 10.3 Å². The second kappa shape index (κ2) is 10.2. The number of hydrogen-bond donors (Lipinski definition) is 1. The molecule has 1 amide bonds. The van der Waals surface area contributed by atoms with E-state index in [9.17, 15) is 18.0 Å². The van der Waals surface area contributed by atoms with Crippen LogP contribution in [0, 0.1) is 0 Å². The van der Waals surface area contributed by atoms with Crippen LogP contribution in [-0.4, -0.2) is 36.1 Å². The lowest BCUT2D eigenvalue weighted by Crippen LogP contribution is -2.48. The fraction of sp³-hybridized carbons (Fsp3) is 0.308. The van der Waals surface area contributed by atoms with Gasteiger partial charge in [-0.25, -0.2) is 4.98 Å². The van der Waals surface area contributed by atoms with Gasteiger partial charge < -0.3 is 15.0 Å². The van der Waals surface area contributed by atoms with Crippen LogP contribution in [0.15, 0.2) is 72.9 Å². The number of aromatic nitrogens is 1. The Labute approximate surface area is 196 Å². The fourth-order valence-electron chi connectivity index (χ4n) is 3.93. The minimum Gasteiger partial charge on any atom is -0.481 e. The number of ether oxygens (including phenoxy) is 1. The van der Waals surface area contributed by atoms with Crippen LogP contribution in [-0.2, 0) is 11.0 Å². The largest absolute Gasteiger partial charge is 0.481 e. The summed E-state index contributed by atoms with van der Waals surface area (Å²) < 4.78 is 44.0. The Bertz CT molecular complexity index is 1080. The number of halogens is 3. The van der Waals surface area contributed by atoms with Crippen LogP contribution in [0.1, 0.15) is 25.3 Å². The Kier molecular flexibility index (Phi) is 7.05. The number of pyridine rings is 1. The zero-order chi connectivity index (χ0) is 24.1. The molecule has 1 atom stereocenters. The van der Waals surface area contributed by atoms with Crippen LogP contribution in [0.4, 0.5) is 19.0 Å². The molecule has 1 unspecified atom stereocenters. The number of nitrogens with zero attached hydrogens (tertiary/aromatic N) is 2. The number of carbonyl (C=O) groups excluding carboxylic acids is 1. The molecule has 0 spiro atoms. The van der Waals surface area contributed by atoms with Gasteiger partial charge in [0.15, 0.2) is 6.10 Å². The van der Waals surface area contributed by atoms with Crippen molar-refractivity contribution in [2.24, 2.45) is 0 Å². The SMILES string of the molecule is CC(Oc1ccc(-c2ccccc2)cc1)C(=O)NC1CCN(c2ccc(C(F)(F)F)cn2)CC1. The maximum atomic E-state index is 12.7. The van der Waals surface area contributed by atoms with Gasteiger partial charge in [0.1, 0.15) is 11.6 Å². The molecule has 3 aromatic rings. The summed E-state index contributed by atoms with van der Waals surface area (Å²) in [5, 5.41) is 3.02. The lowest BCUT2D eigenvalue weighted by molar-refractivity contribution is -0.137. The third-order valence-electron chi connectivity index (χ3n) is 5.88. The highest BCUT2D eigenvalue weighted by Crippen LogP contribution is 2.30. The standard InChI is InChI=1S/C26H26F3N3O2/c1-18(34-23-10-7-20(8-11-23)19-5-3-2-4-6-19)25(33)31-22-13-15-32(16-14-22)24-12-9-21(17-30-24)26(27,28)29/h2-12,17-18,22H,13-16H2,1H3,(H,31,33). The van der Waals surface area contributed by atoms with Gasteiger partial charge in [0.25, 0.3) is 5.91 Å². The molecule has 1 N–H and O–H groups in total. The highest BCUT2D eigenvalue weighted by molar-refractivity contribution is 5.81. The topological polar surface area (TPSA) is 54.5 Å². The Morgan fingerprint density at radius 3 is 2.24 bits per heavy atom. The zero-order valence-corrected chi connectivity index (χ0v) is 18.8. The van der Waals surface area contributed by atoms with E-state index in [0.29, 0.717) is 37.5 Å². The van der Waals surface area contributed by atoms with Crippen molar-refractivity contribution in [3.63, 3.8) is 0 Å². The van der Waals surface area contributed by atoms with E-state index in [-0.39, 0.29) is 11.9 Å². The third-order valence-corrected chi connectivity index (χ3v) is 5.88. The van der Waals surface area contributed by atoms with Gasteiger partial charge >= 0.3 is 6.18 Å². The molecule has 0 saturated carbocycles. The zero-order valence-electron chi connectivity index (χ0n) is 18.8. The number of nitrogens with one attached hydrogen (secondary N) is 1. The lowest BCUT2D eigenvalue weighted by atomic mass is 10.0. The molecule has 34 heavy (non-hydrogen) atoms. The monoisotopic (exact) mass is 469 g/mol. The number of piperidine rings is 1. The van der Waals surface area contributed by atoms with Gasteiger partial charge in [-0.2, -0.15) is 13.2 Å². The summed E-state index contributed by atoms with van der Waals surface area (Å²) in [4.78, 5) is 18.5. The molecule has 1 aromatic heterocycles. The average Bonchev–Trinajstić information content (AvgIpc) is 2.85. The van der Waals surface area contributed by atoms with Crippen LogP contribution >= 0.6 is 0 Å². The van der Waals surface area contributed by atoms with Crippen LogP contribution in [0.2, 0.25) is 0 Å². The first kappa shape index (κ1) is 23.6. The molecular weight excluding hydrogens is 443 g/mol. The first-order valence-corrected chi connectivity index (χ1v) is 11.2. The quantitative estimate of drug-likeness (QED) is 0.531. The van der Waals surface area contributed by atoms with Crippen molar-refractivity contribution in [3.8, 4) is 16.9 Å². The number of benzene rings is 2. The van der Waals surface area contributed by atoms with Gasteiger partial charge in [0.05, 0.1) is 5.56 Å². The summed E-state index contributed by atoms with van der Waals surface area (Å²) in [5.74, 6) is 0.928. The molecule has 8 heteroatoms. The van der Waals surface area contributed by atoms with Crippen LogP contribution in [0.3, 0.4) is 0 Å². The average molecular weight is 470 g/mol. The summed E-state index contributed by atoms with van der Waals surface area (Å²) >= 11 is 0. The van der Waals surface area contributed by atoms with E-state index in [1.54, 1.807) is 6.92 Å². The van der Waals surface area contributed by atoms with E-state index in [4.69, 9.17) is 4.74 Å². The molecule has 1 aliphatic rings. The Morgan fingerprint density at radius 1 is 1.00 bits per heavy atom. The van der Waals surface area contributed by atoms with Crippen molar-refractivity contribution < 1.29 is 22.7 Å². The van der Waals surface area contributed by atoms with Gasteiger partial charge in [-0.15, -0.1) is 0 Å². The highest BCUT2D eigenvalue weighted by atomic mass is 19.4. The molecule has 1 saturated heterocycles. The van der Waals surface area contributed by atoms with Gasteiger partial charge in [0.2, 0.25) is 0 Å². The summed E-state index contributed by atoms with van der Waals surface area (Å²) in [6.45, 7) is 2.90. The first-order valence-electron chi connectivity index (χ1n) is 11.2. The van der Waals surface area contributed by atoms with Crippen LogP contribution in [0.5, 0.6) is 5.75 Å². The van der Waals surface area contributed by atoms with E-state index < -0.39 is 17.8 Å². The lowest BCUT2D eigenvalue weighted by Gasteiger charge is -2.33. The summed E-state index contributed by atoms with van der Waals surface area (Å²) in [7, 11) is 0. The van der Waals surface area contributed by atoms with E-state index in [1.165, 1.54) is 6.07 Å². The Balaban J connectivity index is 1.25. The maximum Gasteiger partial charge on any atom is 0.417 e. The van der Waals surface area contributed by atoms with Crippen LogP contribution in [0.25, 0.3) is 11.1 Å². The molecule has 1 aliphatic heterocycles. The van der Waals surface area contributed by atoms with Crippen molar-refractivity contribution >= 4 is 11.7 Å². The van der Waals surface area contributed by atoms with Crippen molar-refractivity contribution in [3.05, 3.63) is 78.5 Å². The second-order valence-corrected chi connectivity index (χ2v) is 8.32. The molecule has 2 heterocycles. The summed E-state index contributed by atoms with van der Waals surface area (Å²) in [6, 6.07) is 20.0. The van der Waals surface area contributed by atoms with E-state index in [2.05, 4.69) is 10.3 Å². The molecule has 0 aliphatic carbocycles. The van der Waals surface area contributed by atoms with Gasteiger partial charge in [-0.3, -0.25) is 4.79 Å². The summed E-state index contributed by atoms with van der Waals surface area (Å²) in [6.07, 6.45) is -2.85. The van der Waals surface area contributed by atoms with E-state index >= 15 is 0 Å². The molecule has 0 bridgehead atoms. The molecule has 5 nitrogen and oxygen atoms in total. The number of anilines is 1.